The van der Waals surface area contributed by atoms with Crippen molar-refractivity contribution >= 4 is 27.6 Å². The Labute approximate surface area is 124 Å². The van der Waals surface area contributed by atoms with E-state index >= 15 is 0 Å². The van der Waals surface area contributed by atoms with Crippen LogP contribution >= 0.6 is 15.9 Å². The van der Waals surface area contributed by atoms with Gasteiger partial charge in [0.2, 0.25) is 0 Å². The number of hydrogen-bond donors (Lipinski definition) is 1. The lowest BCUT2D eigenvalue weighted by Crippen LogP contribution is -2.28. The molecule has 0 saturated carbocycles. The van der Waals surface area contributed by atoms with Gasteiger partial charge < -0.3 is 10.2 Å². The van der Waals surface area contributed by atoms with Gasteiger partial charge in [-0.2, -0.15) is 0 Å². The number of aromatic nitrogens is 2. The van der Waals surface area contributed by atoms with Crippen LogP contribution in [0.1, 0.15) is 45.4 Å². The van der Waals surface area contributed by atoms with E-state index in [0.717, 1.165) is 42.2 Å². The first-order chi connectivity index (χ1) is 9.33. The van der Waals surface area contributed by atoms with Crippen LogP contribution in [0, 0.1) is 0 Å². The topological polar surface area (TPSA) is 41.1 Å². The predicted octanol–water partition coefficient (Wildman–Crippen LogP) is 3.83. The average Bonchev–Trinajstić information content (AvgIpc) is 2.38. The molecule has 1 N–H and O–H groups in total. The second-order valence-corrected chi connectivity index (χ2v) is 5.83. The van der Waals surface area contributed by atoms with E-state index in [1.807, 2.05) is 0 Å². The summed E-state index contributed by atoms with van der Waals surface area (Å²) in [5, 5.41) is 3.35. The smallest absolute Gasteiger partial charge is 0.148 e. The summed E-state index contributed by atoms with van der Waals surface area (Å²) in [7, 11) is 0. The molecule has 0 bridgehead atoms. The molecule has 0 spiro atoms. The van der Waals surface area contributed by atoms with Crippen molar-refractivity contribution in [2.45, 2.75) is 45.4 Å². The van der Waals surface area contributed by atoms with E-state index in [1.54, 1.807) is 6.33 Å². The van der Waals surface area contributed by atoms with Crippen LogP contribution in [0.4, 0.5) is 11.6 Å². The van der Waals surface area contributed by atoms with Crippen molar-refractivity contribution in [3.63, 3.8) is 0 Å². The molecule has 1 fully saturated rings. The minimum absolute atomic E-state index is 0.911. The molecule has 5 heteroatoms. The van der Waals surface area contributed by atoms with Gasteiger partial charge in [-0.15, -0.1) is 0 Å². The Hall–Kier alpha value is -0.840. The molecule has 0 radical (unpaired) electrons. The van der Waals surface area contributed by atoms with Crippen LogP contribution in [0.5, 0.6) is 0 Å². The van der Waals surface area contributed by atoms with Crippen molar-refractivity contribution in [1.82, 2.24) is 9.97 Å². The van der Waals surface area contributed by atoms with Gasteiger partial charge in [0, 0.05) is 19.6 Å². The highest BCUT2D eigenvalue weighted by Gasteiger charge is 2.16. The summed E-state index contributed by atoms with van der Waals surface area (Å²) in [4.78, 5) is 11.2. The molecule has 1 saturated heterocycles. The number of anilines is 2. The fourth-order valence-electron chi connectivity index (χ4n) is 2.41. The fraction of sp³-hybridized carbons (Fsp3) is 0.714. The molecule has 1 aliphatic heterocycles. The molecule has 2 rings (SSSR count). The van der Waals surface area contributed by atoms with Crippen molar-refractivity contribution in [3.05, 3.63) is 10.8 Å². The van der Waals surface area contributed by atoms with E-state index in [4.69, 9.17) is 0 Å². The van der Waals surface area contributed by atoms with Crippen LogP contribution in [0.15, 0.2) is 10.8 Å². The SMILES string of the molecule is CCCNc1ncnc(N2CCCCCCC2)c1Br. The van der Waals surface area contributed by atoms with Crippen LogP contribution in [0.3, 0.4) is 0 Å². The first-order valence-corrected chi connectivity index (χ1v) is 8.11. The Morgan fingerprint density at radius 2 is 1.84 bits per heavy atom. The second-order valence-electron chi connectivity index (χ2n) is 5.04. The molecule has 1 aliphatic rings. The standard InChI is InChI=1S/C14H23BrN4/c1-2-8-16-13-12(15)14(18-11-17-13)19-9-6-4-3-5-7-10-19/h11H,2-10H2,1H3,(H,16,17,18). The van der Waals surface area contributed by atoms with Crippen LogP contribution < -0.4 is 10.2 Å². The second kappa shape index (κ2) is 7.68. The van der Waals surface area contributed by atoms with Gasteiger partial charge in [0.1, 0.15) is 22.4 Å². The molecule has 1 aromatic heterocycles. The lowest BCUT2D eigenvalue weighted by atomic mass is 10.1. The molecule has 0 aromatic carbocycles. The molecule has 0 amide bonds. The molecular weight excluding hydrogens is 304 g/mol. The van der Waals surface area contributed by atoms with Gasteiger partial charge in [0.15, 0.2) is 0 Å². The number of hydrogen-bond acceptors (Lipinski definition) is 4. The third-order valence-electron chi connectivity index (χ3n) is 3.47. The van der Waals surface area contributed by atoms with E-state index in [1.165, 1.54) is 32.1 Å². The van der Waals surface area contributed by atoms with Crippen molar-refractivity contribution in [3.8, 4) is 0 Å². The van der Waals surface area contributed by atoms with Gasteiger partial charge in [-0.05, 0) is 35.2 Å². The third kappa shape index (κ3) is 4.06. The minimum Gasteiger partial charge on any atom is -0.369 e. The van der Waals surface area contributed by atoms with E-state index in [2.05, 4.69) is 43.0 Å². The zero-order valence-corrected chi connectivity index (χ0v) is 13.2. The summed E-state index contributed by atoms with van der Waals surface area (Å²) < 4.78 is 1.00. The van der Waals surface area contributed by atoms with Gasteiger partial charge in [-0.1, -0.05) is 26.2 Å². The van der Waals surface area contributed by atoms with Crippen molar-refractivity contribution < 1.29 is 0 Å². The van der Waals surface area contributed by atoms with E-state index in [9.17, 15) is 0 Å². The molecule has 0 unspecified atom stereocenters. The Bertz CT molecular complexity index is 389. The first-order valence-electron chi connectivity index (χ1n) is 7.32. The van der Waals surface area contributed by atoms with Crippen LogP contribution in [-0.4, -0.2) is 29.6 Å². The predicted molar refractivity (Wildman–Crippen MR) is 83.8 cm³/mol. The molecule has 1 aromatic rings. The maximum atomic E-state index is 4.47. The largest absolute Gasteiger partial charge is 0.369 e. The van der Waals surface area contributed by atoms with Crippen LogP contribution in [-0.2, 0) is 0 Å². The third-order valence-corrected chi connectivity index (χ3v) is 4.20. The first kappa shape index (κ1) is 14.6. The number of nitrogens with one attached hydrogen (secondary N) is 1. The summed E-state index contributed by atoms with van der Waals surface area (Å²) in [6.07, 6.45) is 9.32. The molecule has 106 valence electrons. The Balaban J connectivity index is 2.13. The van der Waals surface area contributed by atoms with E-state index in [0.29, 0.717) is 0 Å². The normalized spacial score (nSPS) is 16.8. The molecule has 0 aliphatic carbocycles. The molecule has 0 atom stereocenters. The van der Waals surface area contributed by atoms with Crippen molar-refractivity contribution in [2.24, 2.45) is 0 Å². The van der Waals surface area contributed by atoms with E-state index < -0.39 is 0 Å². The monoisotopic (exact) mass is 326 g/mol. The molecule has 2 heterocycles. The van der Waals surface area contributed by atoms with Crippen molar-refractivity contribution in [1.29, 1.82) is 0 Å². The van der Waals surface area contributed by atoms with Gasteiger partial charge >= 0.3 is 0 Å². The Morgan fingerprint density at radius 3 is 2.53 bits per heavy atom. The van der Waals surface area contributed by atoms with Gasteiger partial charge in [0.05, 0.1) is 0 Å². The van der Waals surface area contributed by atoms with Gasteiger partial charge in [-0.3, -0.25) is 0 Å². The summed E-state index contributed by atoms with van der Waals surface area (Å²) in [6.45, 7) is 5.29. The van der Waals surface area contributed by atoms with E-state index in [-0.39, 0.29) is 0 Å². The Kier molecular flexibility index (Phi) is 5.89. The lowest BCUT2D eigenvalue weighted by molar-refractivity contribution is 0.553. The summed E-state index contributed by atoms with van der Waals surface area (Å²) >= 11 is 3.66. The lowest BCUT2D eigenvalue weighted by Gasteiger charge is -2.27. The summed E-state index contributed by atoms with van der Waals surface area (Å²) in [5.74, 6) is 1.95. The highest BCUT2D eigenvalue weighted by atomic mass is 79.9. The summed E-state index contributed by atoms with van der Waals surface area (Å²) in [5.41, 5.74) is 0. The van der Waals surface area contributed by atoms with Crippen molar-refractivity contribution in [2.75, 3.05) is 29.9 Å². The van der Waals surface area contributed by atoms with Crippen LogP contribution in [0.2, 0.25) is 0 Å². The number of nitrogens with zero attached hydrogens (tertiary/aromatic N) is 3. The maximum Gasteiger partial charge on any atom is 0.148 e. The molecular formula is C14H23BrN4. The average molecular weight is 327 g/mol. The highest BCUT2D eigenvalue weighted by molar-refractivity contribution is 9.10. The maximum absolute atomic E-state index is 4.47. The van der Waals surface area contributed by atoms with Gasteiger partial charge in [-0.25, -0.2) is 9.97 Å². The zero-order valence-electron chi connectivity index (χ0n) is 11.7. The minimum atomic E-state index is 0.911. The zero-order chi connectivity index (χ0) is 13.5. The number of rotatable bonds is 4. The Morgan fingerprint density at radius 1 is 1.16 bits per heavy atom. The fourth-order valence-corrected chi connectivity index (χ4v) is 3.00. The quantitative estimate of drug-likeness (QED) is 0.912. The van der Waals surface area contributed by atoms with Crippen LogP contribution in [0.25, 0.3) is 0 Å². The number of halogens is 1. The van der Waals surface area contributed by atoms with Gasteiger partial charge in [0.25, 0.3) is 0 Å². The molecule has 19 heavy (non-hydrogen) atoms. The highest BCUT2D eigenvalue weighted by Crippen LogP contribution is 2.30. The summed E-state index contributed by atoms with van der Waals surface area (Å²) in [6, 6.07) is 0. The molecule has 4 nitrogen and oxygen atoms in total.